The number of amides is 1. The normalized spacial score (nSPS) is 18.5. The summed E-state index contributed by atoms with van der Waals surface area (Å²) in [5.74, 6) is -0.0623. The Hall–Kier alpha value is -4.83. The lowest BCUT2D eigenvalue weighted by molar-refractivity contribution is -0.120. The lowest BCUT2D eigenvalue weighted by Gasteiger charge is -2.33. The van der Waals surface area contributed by atoms with Crippen LogP contribution in [0.1, 0.15) is 11.1 Å². The number of benzene rings is 3. The minimum atomic E-state index is -1.48. The number of nitrogens with zero attached hydrogens (tertiary/aromatic N) is 4. The molecule has 3 heterocycles. The molecule has 0 saturated heterocycles. The van der Waals surface area contributed by atoms with Gasteiger partial charge >= 0.3 is 0 Å². The Morgan fingerprint density at radius 1 is 0.971 bits per heavy atom. The van der Waals surface area contributed by atoms with Crippen molar-refractivity contribution in [3.8, 4) is 28.9 Å². The molecule has 7 heteroatoms. The summed E-state index contributed by atoms with van der Waals surface area (Å²) >= 11 is 0. The number of anilines is 1. The second-order valence-electron chi connectivity index (χ2n) is 8.23. The van der Waals surface area contributed by atoms with Crippen molar-refractivity contribution in [2.75, 3.05) is 11.9 Å². The Labute approximate surface area is 195 Å². The number of carbonyl (C=O) groups excluding carboxylic acids is 1. The van der Waals surface area contributed by atoms with Crippen LogP contribution in [0.25, 0.3) is 16.9 Å². The van der Waals surface area contributed by atoms with E-state index in [0.717, 1.165) is 11.3 Å². The summed E-state index contributed by atoms with van der Waals surface area (Å²) in [7, 11) is 1.71. The van der Waals surface area contributed by atoms with Gasteiger partial charge in [0.05, 0.1) is 11.3 Å². The number of fused-ring (bicyclic) bond motifs is 4. The van der Waals surface area contributed by atoms with Gasteiger partial charge in [-0.05, 0) is 18.2 Å². The van der Waals surface area contributed by atoms with Gasteiger partial charge in [0.2, 0.25) is 17.7 Å². The molecule has 2 aliphatic heterocycles. The summed E-state index contributed by atoms with van der Waals surface area (Å²) in [6.45, 7) is 0. The van der Waals surface area contributed by atoms with Gasteiger partial charge in [0.25, 0.3) is 0 Å². The Bertz CT molecular complexity index is 1530. The molecule has 2 N–H and O–H groups in total. The van der Waals surface area contributed by atoms with Crippen molar-refractivity contribution in [2.24, 2.45) is 5.73 Å². The van der Waals surface area contributed by atoms with Gasteiger partial charge in [0.1, 0.15) is 22.8 Å². The third-order valence-electron chi connectivity index (χ3n) is 6.50. The molecule has 34 heavy (non-hydrogen) atoms. The van der Waals surface area contributed by atoms with Crippen LogP contribution in [0.5, 0.6) is 5.88 Å². The highest BCUT2D eigenvalue weighted by atomic mass is 16.5. The van der Waals surface area contributed by atoms with E-state index in [4.69, 9.17) is 15.6 Å². The third-order valence-corrected chi connectivity index (χ3v) is 6.50. The molecule has 0 aliphatic carbocycles. The van der Waals surface area contributed by atoms with Crippen LogP contribution < -0.4 is 15.4 Å². The molecule has 1 atom stereocenters. The lowest BCUT2D eigenvalue weighted by Crippen LogP contribution is -2.45. The molecule has 1 amide bonds. The standard InChI is InChI=1S/C27H19N5O2/c1-31-21-15-9-8-14-19(21)27(26(31)33)20(16-28)24(29)34-25-22(27)23(17-10-4-2-5-11-17)30-32(25)18-12-6-3-7-13-18/h2-15H,29H2,1H3/t27-/m0/s1. The molecule has 1 spiro atoms. The van der Waals surface area contributed by atoms with Crippen molar-refractivity contribution in [2.45, 2.75) is 5.41 Å². The number of carbonyl (C=O) groups is 1. The van der Waals surface area contributed by atoms with Gasteiger partial charge in [0, 0.05) is 23.9 Å². The SMILES string of the molecule is CN1C(=O)[C@]2(C(C#N)=C(N)Oc3c2c(-c2ccccc2)nn3-c2ccccc2)c2ccccc21. The molecule has 0 saturated carbocycles. The summed E-state index contributed by atoms with van der Waals surface area (Å²) in [5, 5.41) is 15.2. The molecule has 3 aromatic carbocycles. The van der Waals surface area contributed by atoms with E-state index in [9.17, 15) is 10.1 Å². The molecule has 0 unspecified atom stereocenters. The number of hydrogen-bond acceptors (Lipinski definition) is 5. The van der Waals surface area contributed by atoms with Gasteiger partial charge in [-0.2, -0.15) is 15.0 Å². The van der Waals surface area contributed by atoms with Crippen LogP contribution in [0, 0.1) is 11.3 Å². The number of ether oxygens (including phenoxy) is 1. The van der Waals surface area contributed by atoms with Crippen LogP contribution in [0.3, 0.4) is 0 Å². The molecule has 0 fully saturated rings. The molecule has 0 bridgehead atoms. The van der Waals surface area contributed by atoms with Gasteiger partial charge in [-0.25, -0.2) is 0 Å². The number of nitrogens with two attached hydrogens (primary N) is 1. The van der Waals surface area contributed by atoms with Crippen molar-refractivity contribution in [1.29, 1.82) is 5.26 Å². The summed E-state index contributed by atoms with van der Waals surface area (Å²) in [6, 6.07) is 28.7. The maximum atomic E-state index is 14.1. The first-order valence-corrected chi connectivity index (χ1v) is 10.8. The van der Waals surface area contributed by atoms with E-state index >= 15 is 0 Å². The fourth-order valence-electron chi connectivity index (χ4n) is 5.02. The number of aromatic nitrogens is 2. The smallest absolute Gasteiger partial charge is 0.247 e. The van der Waals surface area contributed by atoms with Crippen LogP contribution in [0.2, 0.25) is 0 Å². The zero-order valence-corrected chi connectivity index (χ0v) is 18.3. The van der Waals surface area contributed by atoms with Gasteiger partial charge in [-0.3, -0.25) is 4.79 Å². The number of rotatable bonds is 2. The summed E-state index contributed by atoms with van der Waals surface area (Å²) in [4.78, 5) is 15.7. The molecular weight excluding hydrogens is 426 g/mol. The molecule has 4 aromatic rings. The molecule has 7 nitrogen and oxygen atoms in total. The monoisotopic (exact) mass is 445 g/mol. The number of likely N-dealkylation sites (N-methyl/N-ethyl adjacent to an activating group) is 1. The minimum absolute atomic E-state index is 0.0617. The van der Waals surface area contributed by atoms with E-state index < -0.39 is 5.41 Å². The van der Waals surface area contributed by atoms with Gasteiger partial charge in [-0.1, -0.05) is 66.7 Å². The molecule has 0 radical (unpaired) electrons. The second kappa shape index (κ2) is 7.09. The second-order valence-corrected chi connectivity index (χ2v) is 8.23. The Morgan fingerprint density at radius 2 is 1.62 bits per heavy atom. The summed E-state index contributed by atoms with van der Waals surface area (Å²) in [5.41, 5.74) is 8.93. The Balaban J connectivity index is 1.80. The number of para-hydroxylation sites is 2. The molecular formula is C27H19N5O2. The van der Waals surface area contributed by atoms with Gasteiger partial charge < -0.3 is 15.4 Å². The van der Waals surface area contributed by atoms with Crippen LogP contribution in [0.15, 0.2) is 96.4 Å². The van der Waals surface area contributed by atoms with Crippen molar-refractivity contribution < 1.29 is 9.53 Å². The minimum Gasteiger partial charge on any atom is -0.422 e. The molecule has 1 aromatic heterocycles. The predicted molar refractivity (Wildman–Crippen MR) is 127 cm³/mol. The first-order chi connectivity index (χ1) is 16.6. The number of nitriles is 1. The Morgan fingerprint density at radius 3 is 2.32 bits per heavy atom. The first-order valence-electron chi connectivity index (χ1n) is 10.8. The topological polar surface area (TPSA) is 97.2 Å². The maximum absolute atomic E-state index is 14.1. The lowest BCUT2D eigenvalue weighted by atomic mass is 9.68. The number of hydrogen-bond donors (Lipinski definition) is 1. The molecule has 6 rings (SSSR count). The average molecular weight is 445 g/mol. The van der Waals surface area contributed by atoms with Crippen molar-refractivity contribution in [1.82, 2.24) is 9.78 Å². The van der Waals surface area contributed by atoms with E-state index in [-0.39, 0.29) is 17.4 Å². The van der Waals surface area contributed by atoms with Gasteiger partial charge in [0.15, 0.2) is 0 Å². The molecule has 164 valence electrons. The summed E-state index contributed by atoms with van der Waals surface area (Å²) < 4.78 is 7.72. The highest BCUT2D eigenvalue weighted by Gasteiger charge is 2.60. The summed E-state index contributed by atoms with van der Waals surface area (Å²) in [6.07, 6.45) is 0. The van der Waals surface area contributed by atoms with E-state index in [2.05, 4.69) is 6.07 Å². The van der Waals surface area contributed by atoms with E-state index in [0.29, 0.717) is 28.4 Å². The van der Waals surface area contributed by atoms with Crippen LogP contribution >= 0.6 is 0 Å². The quantitative estimate of drug-likeness (QED) is 0.505. The zero-order chi connectivity index (χ0) is 23.4. The maximum Gasteiger partial charge on any atom is 0.247 e. The van der Waals surface area contributed by atoms with Crippen LogP contribution in [0.4, 0.5) is 5.69 Å². The first kappa shape index (κ1) is 19.8. The Kier molecular flexibility index (Phi) is 4.13. The van der Waals surface area contributed by atoms with Crippen molar-refractivity contribution >= 4 is 11.6 Å². The van der Waals surface area contributed by atoms with Crippen LogP contribution in [-0.2, 0) is 10.2 Å². The van der Waals surface area contributed by atoms with E-state index in [1.807, 2.05) is 84.9 Å². The zero-order valence-electron chi connectivity index (χ0n) is 18.3. The van der Waals surface area contributed by atoms with E-state index in [1.54, 1.807) is 16.6 Å². The highest BCUT2D eigenvalue weighted by Crippen LogP contribution is 2.57. The fourth-order valence-corrected chi connectivity index (χ4v) is 5.02. The highest BCUT2D eigenvalue weighted by molar-refractivity contribution is 6.14. The van der Waals surface area contributed by atoms with Gasteiger partial charge in [-0.15, -0.1) is 0 Å². The third kappa shape index (κ3) is 2.39. The fraction of sp³-hybridized carbons (Fsp3) is 0.0741. The van der Waals surface area contributed by atoms with Crippen LogP contribution in [-0.4, -0.2) is 22.7 Å². The van der Waals surface area contributed by atoms with E-state index in [1.165, 1.54) is 0 Å². The predicted octanol–water partition coefficient (Wildman–Crippen LogP) is 3.89. The average Bonchev–Trinajstić information content (AvgIpc) is 3.36. The largest absolute Gasteiger partial charge is 0.422 e. The van der Waals surface area contributed by atoms with Crippen molar-refractivity contribution in [3.63, 3.8) is 0 Å². The van der Waals surface area contributed by atoms with Crippen molar-refractivity contribution in [3.05, 3.63) is 108 Å². The molecule has 2 aliphatic rings.